The number of imidazole rings is 1. The lowest BCUT2D eigenvalue weighted by Crippen LogP contribution is -2.04. The minimum absolute atomic E-state index is 0.585. The van der Waals surface area contributed by atoms with Gasteiger partial charge < -0.3 is 5.32 Å². The number of anilines is 1. The number of hydrogen-bond donors (Lipinski definition) is 1. The molecule has 0 aromatic carbocycles. The van der Waals surface area contributed by atoms with Gasteiger partial charge in [0.25, 0.3) is 0 Å². The van der Waals surface area contributed by atoms with Crippen LogP contribution in [0.25, 0.3) is 5.82 Å². The summed E-state index contributed by atoms with van der Waals surface area (Å²) < 4.78 is 2.73. The third kappa shape index (κ3) is 1.85. The second-order valence-corrected chi connectivity index (χ2v) is 3.81. The fourth-order valence-corrected chi connectivity index (χ4v) is 1.63. The average molecular weight is 268 g/mol. The van der Waals surface area contributed by atoms with Crippen molar-refractivity contribution >= 4 is 21.9 Å². The zero-order valence-electron chi connectivity index (χ0n) is 8.40. The lowest BCUT2D eigenvalue weighted by molar-refractivity contribution is 0.914. The molecule has 0 saturated carbocycles. The van der Waals surface area contributed by atoms with E-state index in [0.717, 1.165) is 16.1 Å². The van der Waals surface area contributed by atoms with Gasteiger partial charge in [0.2, 0.25) is 5.95 Å². The van der Waals surface area contributed by atoms with Crippen molar-refractivity contribution < 1.29 is 0 Å². The van der Waals surface area contributed by atoms with Crippen LogP contribution < -0.4 is 5.32 Å². The molecule has 2 aromatic heterocycles. The maximum atomic E-state index is 4.35. The van der Waals surface area contributed by atoms with E-state index in [4.69, 9.17) is 0 Å². The van der Waals surface area contributed by atoms with Crippen molar-refractivity contribution in [2.24, 2.45) is 0 Å². The van der Waals surface area contributed by atoms with Gasteiger partial charge in [0, 0.05) is 25.6 Å². The summed E-state index contributed by atoms with van der Waals surface area (Å²) in [5.41, 5.74) is 0. The molecule has 0 radical (unpaired) electrons. The molecule has 2 aromatic rings. The minimum atomic E-state index is 0.585. The first-order valence-corrected chi connectivity index (χ1v) is 5.22. The van der Waals surface area contributed by atoms with Crippen LogP contribution in [0.1, 0.15) is 5.82 Å². The van der Waals surface area contributed by atoms with Gasteiger partial charge in [0.05, 0.1) is 4.47 Å². The smallest absolute Gasteiger partial charge is 0.224 e. The van der Waals surface area contributed by atoms with E-state index in [-0.39, 0.29) is 0 Å². The van der Waals surface area contributed by atoms with Crippen LogP contribution in [-0.2, 0) is 0 Å². The quantitative estimate of drug-likeness (QED) is 0.901. The van der Waals surface area contributed by atoms with Crippen LogP contribution in [0.3, 0.4) is 0 Å². The van der Waals surface area contributed by atoms with Crippen molar-refractivity contribution in [1.82, 2.24) is 19.5 Å². The molecule has 0 aliphatic rings. The molecule has 0 atom stereocenters. The Kier molecular flexibility index (Phi) is 2.68. The van der Waals surface area contributed by atoms with Crippen molar-refractivity contribution in [3.8, 4) is 5.82 Å². The highest BCUT2D eigenvalue weighted by molar-refractivity contribution is 9.10. The molecule has 0 unspecified atom stereocenters. The Morgan fingerprint density at radius 2 is 2.20 bits per heavy atom. The van der Waals surface area contributed by atoms with Gasteiger partial charge in [0.15, 0.2) is 5.82 Å². The van der Waals surface area contributed by atoms with Crippen LogP contribution in [-0.4, -0.2) is 26.6 Å². The van der Waals surface area contributed by atoms with Crippen molar-refractivity contribution in [2.45, 2.75) is 6.92 Å². The summed E-state index contributed by atoms with van der Waals surface area (Å²) >= 11 is 3.41. The molecule has 5 nitrogen and oxygen atoms in total. The Labute approximate surface area is 95.7 Å². The van der Waals surface area contributed by atoms with Crippen molar-refractivity contribution in [3.63, 3.8) is 0 Å². The first-order chi connectivity index (χ1) is 7.22. The monoisotopic (exact) mass is 267 g/mol. The van der Waals surface area contributed by atoms with E-state index in [1.54, 1.807) is 19.4 Å². The van der Waals surface area contributed by atoms with Crippen LogP contribution in [0.5, 0.6) is 0 Å². The molecule has 2 heterocycles. The third-order valence-corrected chi connectivity index (χ3v) is 2.56. The van der Waals surface area contributed by atoms with Gasteiger partial charge in [-0.3, -0.25) is 4.57 Å². The second-order valence-electron chi connectivity index (χ2n) is 2.96. The maximum Gasteiger partial charge on any atom is 0.224 e. The Bertz CT molecular complexity index is 479. The largest absolute Gasteiger partial charge is 0.357 e. The van der Waals surface area contributed by atoms with E-state index in [0.29, 0.717) is 5.95 Å². The summed E-state index contributed by atoms with van der Waals surface area (Å²) in [5, 5.41) is 2.90. The number of nitrogens with one attached hydrogen (secondary N) is 1. The molecule has 2 rings (SSSR count). The molecule has 15 heavy (non-hydrogen) atoms. The molecule has 0 aliphatic heterocycles. The highest BCUT2D eigenvalue weighted by Gasteiger charge is 2.08. The predicted octanol–water partition coefficient (Wildman–Crippen LogP) is 1.77. The Morgan fingerprint density at radius 3 is 2.80 bits per heavy atom. The van der Waals surface area contributed by atoms with Gasteiger partial charge >= 0.3 is 0 Å². The third-order valence-electron chi connectivity index (χ3n) is 2.00. The van der Waals surface area contributed by atoms with E-state index >= 15 is 0 Å². The second kappa shape index (κ2) is 3.98. The van der Waals surface area contributed by atoms with Crippen LogP contribution in [0, 0.1) is 6.92 Å². The Morgan fingerprint density at radius 1 is 1.40 bits per heavy atom. The zero-order valence-corrected chi connectivity index (χ0v) is 9.98. The molecule has 6 heteroatoms. The maximum absolute atomic E-state index is 4.35. The number of aryl methyl sites for hydroxylation is 1. The summed E-state index contributed by atoms with van der Waals surface area (Å²) in [6.07, 6.45) is 5.32. The predicted molar refractivity (Wildman–Crippen MR) is 61.1 cm³/mol. The molecular formula is C9H10BrN5. The summed E-state index contributed by atoms with van der Waals surface area (Å²) in [5.74, 6) is 2.25. The van der Waals surface area contributed by atoms with Crippen molar-refractivity contribution in [1.29, 1.82) is 0 Å². The van der Waals surface area contributed by atoms with Crippen molar-refractivity contribution in [2.75, 3.05) is 12.4 Å². The van der Waals surface area contributed by atoms with Crippen LogP contribution in [0.4, 0.5) is 5.95 Å². The highest BCUT2D eigenvalue weighted by Crippen LogP contribution is 2.19. The standard InChI is InChI=1S/C9H10BrN5/c1-6-12-3-4-15(6)8-7(10)5-13-9(11-2)14-8/h3-5H,1-2H3,(H,11,13,14). The molecule has 0 bridgehead atoms. The van der Waals surface area contributed by atoms with E-state index in [9.17, 15) is 0 Å². The van der Waals surface area contributed by atoms with Gasteiger partial charge in [-0.05, 0) is 22.9 Å². The van der Waals surface area contributed by atoms with Crippen LogP contribution >= 0.6 is 15.9 Å². The van der Waals surface area contributed by atoms with E-state index in [2.05, 4.69) is 36.2 Å². The summed E-state index contributed by atoms with van der Waals surface area (Å²) in [6.45, 7) is 1.92. The summed E-state index contributed by atoms with van der Waals surface area (Å²) in [6, 6.07) is 0. The number of halogens is 1. The number of nitrogens with zero attached hydrogens (tertiary/aromatic N) is 4. The average Bonchev–Trinajstić information content (AvgIpc) is 2.65. The normalized spacial score (nSPS) is 10.3. The van der Waals surface area contributed by atoms with E-state index < -0.39 is 0 Å². The first kappa shape index (κ1) is 10.1. The summed E-state index contributed by atoms with van der Waals surface area (Å²) in [7, 11) is 1.79. The van der Waals surface area contributed by atoms with Gasteiger partial charge in [0.1, 0.15) is 5.82 Å². The van der Waals surface area contributed by atoms with Crippen LogP contribution in [0.15, 0.2) is 23.1 Å². The fraction of sp³-hybridized carbons (Fsp3) is 0.222. The molecule has 0 fully saturated rings. The number of aromatic nitrogens is 4. The SMILES string of the molecule is CNc1ncc(Br)c(-n2ccnc2C)n1. The van der Waals surface area contributed by atoms with Gasteiger partial charge in [-0.25, -0.2) is 9.97 Å². The number of hydrogen-bond acceptors (Lipinski definition) is 4. The highest BCUT2D eigenvalue weighted by atomic mass is 79.9. The molecule has 0 amide bonds. The molecule has 1 N–H and O–H groups in total. The van der Waals surface area contributed by atoms with E-state index in [1.807, 2.05) is 17.7 Å². The van der Waals surface area contributed by atoms with Crippen LogP contribution in [0.2, 0.25) is 0 Å². The van der Waals surface area contributed by atoms with E-state index in [1.165, 1.54) is 0 Å². The first-order valence-electron chi connectivity index (χ1n) is 4.43. The van der Waals surface area contributed by atoms with Gasteiger partial charge in [-0.15, -0.1) is 0 Å². The lowest BCUT2D eigenvalue weighted by Gasteiger charge is -2.07. The number of rotatable bonds is 2. The van der Waals surface area contributed by atoms with Gasteiger partial charge in [-0.2, -0.15) is 4.98 Å². The minimum Gasteiger partial charge on any atom is -0.357 e. The molecule has 0 aliphatic carbocycles. The topological polar surface area (TPSA) is 55.6 Å². The Hall–Kier alpha value is -1.43. The molecule has 0 saturated heterocycles. The van der Waals surface area contributed by atoms with Crippen molar-refractivity contribution in [3.05, 3.63) is 28.9 Å². The molecule has 78 valence electrons. The zero-order chi connectivity index (χ0) is 10.8. The lowest BCUT2D eigenvalue weighted by atomic mass is 10.5. The fourth-order valence-electron chi connectivity index (χ4n) is 1.25. The Balaban J connectivity index is 2.56. The molecular weight excluding hydrogens is 258 g/mol. The molecule has 0 spiro atoms. The van der Waals surface area contributed by atoms with Gasteiger partial charge in [-0.1, -0.05) is 0 Å². The summed E-state index contributed by atoms with van der Waals surface area (Å²) in [4.78, 5) is 12.6.